The molecule has 26 heavy (non-hydrogen) atoms. The van der Waals surface area contributed by atoms with Crippen molar-refractivity contribution < 1.29 is 9.59 Å². The van der Waals surface area contributed by atoms with E-state index in [9.17, 15) is 9.59 Å². The highest BCUT2D eigenvalue weighted by Gasteiger charge is 2.33. The van der Waals surface area contributed by atoms with Gasteiger partial charge in [-0.25, -0.2) is 0 Å². The van der Waals surface area contributed by atoms with Gasteiger partial charge in [0.2, 0.25) is 11.8 Å². The summed E-state index contributed by atoms with van der Waals surface area (Å²) in [6.45, 7) is 2.57. The van der Waals surface area contributed by atoms with Gasteiger partial charge in [-0.2, -0.15) is 0 Å². The minimum Gasteiger partial charge on any atom is -0.354 e. The monoisotopic (exact) mass is 388 g/mol. The van der Waals surface area contributed by atoms with E-state index in [1.807, 2.05) is 55.5 Å². The summed E-state index contributed by atoms with van der Waals surface area (Å²) in [4.78, 5) is 27.7. The Labute approximate surface area is 162 Å². The number of hydrogen-bond acceptors (Lipinski definition) is 3. The average molecular weight is 389 g/mol. The smallest absolute Gasteiger partial charge is 0.240 e. The van der Waals surface area contributed by atoms with Crippen LogP contribution in [0.1, 0.15) is 18.9 Å². The Kier molecular flexibility index (Phi) is 6.22. The lowest BCUT2D eigenvalue weighted by molar-refractivity contribution is -0.123. The van der Waals surface area contributed by atoms with Crippen LogP contribution in [0.3, 0.4) is 0 Å². The summed E-state index contributed by atoms with van der Waals surface area (Å²) in [5.74, 6) is -0.145. The van der Waals surface area contributed by atoms with Crippen molar-refractivity contribution in [3.8, 4) is 0 Å². The number of para-hydroxylation sites is 1. The first kappa shape index (κ1) is 18.8. The van der Waals surface area contributed by atoms with Crippen molar-refractivity contribution in [2.75, 3.05) is 18.0 Å². The lowest BCUT2D eigenvalue weighted by Gasteiger charge is -2.32. The number of halogens is 1. The van der Waals surface area contributed by atoms with E-state index in [1.54, 1.807) is 16.7 Å². The van der Waals surface area contributed by atoms with Gasteiger partial charge in [0.15, 0.2) is 0 Å². The van der Waals surface area contributed by atoms with Crippen molar-refractivity contribution >= 4 is 40.9 Å². The summed E-state index contributed by atoms with van der Waals surface area (Å²) in [5, 5.41) is 3.47. The summed E-state index contributed by atoms with van der Waals surface area (Å²) in [6, 6.07) is 15.3. The van der Waals surface area contributed by atoms with E-state index in [4.69, 9.17) is 11.6 Å². The van der Waals surface area contributed by atoms with Crippen molar-refractivity contribution in [2.24, 2.45) is 0 Å². The highest BCUT2D eigenvalue weighted by Crippen LogP contribution is 2.39. The summed E-state index contributed by atoms with van der Waals surface area (Å²) in [6.07, 6.45) is 1.47. The van der Waals surface area contributed by atoms with Crippen LogP contribution in [0.4, 0.5) is 5.69 Å². The lowest BCUT2D eigenvalue weighted by atomic mass is 10.1. The molecule has 0 bridgehead atoms. The minimum atomic E-state index is -0.149. The van der Waals surface area contributed by atoms with Crippen LogP contribution in [0.25, 0.3) is 0 Å². The van der Waals surface area contributed by atoms with Gasteiger partial charge in [-0.3, -0.25) is 9.59 Å². The van der Waals surface area contributed by atoms with Crippen molar-refractivity contribution in [1.82, 2.24) is 5.32 Å². The zero-order chi connectivity index (χ0) is 18.5. The van der Waals surface area contributed by atoms with Gasteiger partial charge in [0.05, 0.1) is 10.9 Å². The second-order valence-electron chi connectivity index (χ2n) is 6.13. The van der Waals surface area contributed by atoms with E-state index < -0.39 is 0 Å². The van der Waals surface area contributed by atoms with Crippen molar-refractivity contribution in [3.63, 3.8) is 0 Å². The van der Waals surface area contributed by atoms with Gasteiger partial charge in [-0.1, -0.05) is 42.8 Å². The molecule has 0 fully saturated rings. The Balaban J connectivity index is 1.60. The topological polar surface area (TPSA) is 49.4 Å². The van der Waals surface area contributed by atoms with Crippen LogP contribution in [0.2, 0.25) is 5.02 Å². The van der Waals surface area contributed by atoms with Crippen LogP contribution in [-0.2, 0) is 16.0 Å². The molecule has 0 saturated carbocycles. The molecule has 136 valence electrons. The zero-order valence-electron chi connectivity index (χ0n) is 14.6. The van der Waals surface area contributed by atoms with Crippen molar-refractivity contribution in [3.05, 3.63) is 59.1 Å². The average Bonchev–Trinajstić information content (AvgIpc) is 2.65. The number of nitrogens with one attached hydrogen (secondary N) is 1. The van der Waals surface area contributed by atoms with Crippen LogP contribution >= 0.6 is 23.4 Å². The van der Waals surface area contributed by atoms with E-state index in [0.29, 0.717) is 11.6 Å². The fourth-order valence-electron chi connectivity index (χ4n) is 2.89. The van der Waals surface area contributed by atoms with Gasteiger partial charge in [0, 0.05) is 16.5 Å². The van der Waals surface area contributed by atoms with E-state index in [2.05, 4.69) is 5.32 Å². The van der Waals surface area contributed by atoms with Crippen molar-refractivity contribution in [2.45, 2.75) is 29.9 Å². The first-order valence-corrected chi connectivity index (χ1v) is 9.92. The number of carbonyl (C=O) groups is 2. The number of thioether (sulfide) groups is 1. The largest absolute Gasteiger partial charge is 0.354 e. The van der Waals surface area contributed by atoms with E-state index in [-0.39, 0.29) is 23.6 Å². The molecule has 4 nitrogen and oxygen atoms in total. The summed E-state index contributed by atoms with van der Waals surface area (Å²) in [7, 11) is 0. The first-order chi connectivity index (χ1) is 12.6. The Morgan fingerprint density at radius 3 is 2.65 bits per heavy atom. The van der Waals surface area contributed by atoms with Crippen LogP contribution in [0, 0.1) is 0 Å². The number of carbonyl (C=O) groups excluding carboxylic acids is 2. The molecule has 0 radical (unpaired) electrons. The number of nitrogens with zero attached hydrogens (tertiary/aromatic N) is 1. The molecule has 1 N–H and O–H groups in total. The first-order valence-electron chi connectivity index (χ1n) is 8.66. The Morgan fingerprint density at radius 2 is 1.92 bits per heavy atom. The van der Waals surface area contributed by atoms with Crippen LogP contribution < -0.4 is 10.2 Å². The normalized spacial score (nSPS) is 16.3. The molecule has 0 spiro atoms. The highest BCUT2D eigenvalue weighted by molar-refractivity contribution is 8.01. The van der Waals surface area contributed by atoms with Gasteiger partial charge in [0.25, 0.3) is 0 Å². The molecule has 2 aromatic carbocycles. The lowest BCUT2D eigenvalue weighted by Crippen LogP contribution is -2.46. The maximum absolute atomic E-state index is 12.7. The molecule has 0 aromatic heterocycles. The van der Waals surface area contributed by atoms with Crippen LogP contribution in [-0.4, -0.2) is 30.2 Å². The summed E-state index contributed by atoms with van der Waals surface area (Å²) in [5.41, 5.74) is 1.93. The molecule has 0 unspecified atom stereocenters. The van der Waals surface area contributed by atoms with E-state index >= 15 is 0 Å². The molecule has 1 aliphatic rings. The SMILES string of the molecule is CC[C@H]1Sc2ccccc2N(CC(=O)NCCc2ccc(Cl)cc2)C1=O. The number of benzene rings is 2. The van der Waals surface area contributed by atoms with Crippen molar-refractivity contribution in [1.29, 1.82) is 0 Å². The Hall–Kier alpha value is -1.98. The minimum absolute atomic E-state index is 0.00375. The molecular formula is C20H21ClN2O2S. The van der Waals surface area contributed by atoms with E-state index in [0.717, 1.165) is 29.0 Å². The molecular weight excluding hydrogens is 368 g/mol. The predicted octanol–water partition coefficient (Wildman–Crippen LogP) is 3.92. The van der Waals surface area contributed by atoms with Gasteiger partial charge >= 0.3 is 0 Å². The standard InChI is InChI=1S/C20H21ClN2O2S/c1-2-17-20(25)23(16-5-3-4-6-18(16)26-17)13-19(24)22-12-11-14-7-9-15(21)10-8-14/h3-10,17H,2,11-13H2,1H3,(H,22,24)/t17-/m1/s1. The van der Waals surface area contributed by atoms with E-state index in [1.165, 1.54) is 0 Å². The molecule has 1 aliphatic heterocycles. The molecule has 2 aromatic rings. The van der Waals surface area contributed by atoms with Crippen LogP contribution in [0.15, 0.2) is 53.4 Å². The Morgan fingerprint density at radius 1 is 1.19 bits per heavy atom. The number of rotatable bonds is 6. The zero-order valence-corrected chi connectivity index (χ0v) is 16.1. The van der Waals surface area contributed by atoms with Gasteiger partial charge < -0.3 is 10.2 Å². The fraction of sp³-hybridized carbons (Fsp3) is 0.300. The summed E-state index contributed by atoms with van der Waals surface area (Å²) < 4.78 is 0. The molecule has 1 atom stereocenters. The molecule has 0 aliphatic carbocycles. The number of amides is 2. The quantitative estimate of drug-likeness (QED) is 0.816. The molecule has 1 heterocycles. The maximum atomic E-state index is 12.7. The highest BCUT2D eigenvalue weighted by atomic mass is 35.5. The second-order valence-corrected chi connectivity index (χ2v) is 7.81. The second kappa shape index (κ2) is 8.60. The third-order valence-electron chi connectivity index (χ3n) is 4.29. The number of anilines is 1. The Bertz CT molecular complexity index is 795. The predicted molar refractivity (Wildman–Crippen MR) is 107 cm³/mol. The fourth-order valence-corrected chi connectivity index (χ4v) is 4.18. The number of fused-ring (bicyclic) bond motifs is 1. The molecule has 6 heteroatoms. The molecule has 2 amide bonds. The third kappa shape index (κ3) is 4.40. The summed E-state index contributed by atoms with van der Waals surface area (Å²) >= 11 is 7.45. The third-order valence-corrected chi connectivity index (χ3v) is 5.96. The van der Waals surface area contributed by atoms with Crippen LogP contribution in [0.5, 0.6) is 0 Å². The van der Waals surface area contributed by atoms with Gasteiger partial charge in [-0.15, -0.1) is 11.8 Å². The van der Waals surface area contributed by atoms with Gasteiger partial charge in [0.1, 0.15) is 6.54 Å². The molecule has 0 saturated heterocycles. The van der Waals surface area contributed by atoms with Gasteiger partial charge in [-0.05, 0) is 42.7 Å². The number of hydrogen-bond donors (Lipinski definition) is 1. The molecule has 3 rings (SSSR count). The maximum Gasteiger partial charge on any atom is 0.240 e.